The van der Waals surface area contributed by atoms with Crippen LogP contribution in [0.3, 0.4) is 0 Å². The Morgan fingerprint density at radius 1 is 1.27 bits per heavy atom. The molecule has 22 heavy (non-hydrogen) atoms. The van der Waals surface area contributed by atoms with E-state index in [2.05, 4.69) is 14.6 Å². The number of aliphatic hydroxyl groups excluding tert-OH is 1. The molecule has 0 aliphatic carbocycles. The van der Waals surface area contributed by atoms with Crippen molar-refractivity contribution in [3.05, 3.63) is 58.9 Å². The number of hydrogen-bond acceptors (Lipinski definition) is 4. The zero-order valence-electron chi connectivity index (χ0n) is 11.8. The van der Waals surface area contributed by atoms with Gasteiger partial charge in [0, 0.05) is 17.3 Å². The summed E-state index contributed by atoms with van der Waals surface area (Å²) in [5.41, 5.74) is 2.23. The number of aromatic hydroxyl groups is 1. The third-order valence-electron chi connectivity index (χ3n) is 4.09. The minimum absolute atomic E-state index is 0.0243. The zero-order chi connectivity index (χ0) is 15.1. The number of aliphatic imine (C=N–C) groups is 1. The summed E-state index contributed by atoms with van der Waals surface area (Å²) in [4.78, 5) is 8.53. The van der Waals surface area contributed by atoms with Gasteiger partial charge in [0.25, 0.3) is 0 Å². The van der Waals surface area contributed by atoms with E-state index < -0.39 is 6.10 Å². The summed E-state index contributed by atoms with van der Waals surface area (Å²) >= 11 is 0. The highest BCUT2D eigenvalue weighted by Gasteiger charge is 2.22. The van der Waals surface area contributed by atoms with Crippen molar-refractivity contribution >= 4 is 18.1 Å². The summed E-state index contributed by atoms with van der Waals surface area (Å²) in [5, 5.41) is 21.4. The standard InChI is InChI=1S/C17H15N3O2/c21-15-7-2-1-6-13(15)16(22)9-12-5-3-4-11-8-14-17(20(11)12)19-10-18-14/h1-8,10,12,16,21-22H,9H2. The first-order valence-corrected chi connectivity index (χ1v) is 7.20. The van der Waals surface area contributed by atoms with Crippen molar-refractivity contribution in [3.63, 3.8) is 0 Å². The number of aromatic nitrogens is 1. The van der Waals surface area contributed by atoms with Crippen LogP contribution in [0.1, 0.15) is 24.1 Å². The molecule has 0 bridgehead atoms. The van der Waals surface area contributed by atoms with Crippen molar-refractivity contribution < 1.29 is 10.2 Å². The Morgan fingerprint density at radius 2 is 2.14 bits per heavy atom. The molecule has 2 atom stereocenters. The number of rotatable bonds is 3. The maximum atomic E-state index is 10.5. The lowest BCUT2D eigenvalue weighted by Crippen LogP contribution is -2.32. The molecule has 0 fully saturated rings. The number of allylic oxidation sites excluding steroid dienone is 2. The fourth-order valence-electron chi connectivity index (χ4n) is 3.04. The number of phenols is 1. The number of phenolic OH excluding ortho intramolecular Hbond substituents is 1. The highest BCUT2D eigenvalue weighted by Crippen LogP contribution is 2.30. The topological polar surface area (TPSA) is 70.1 Å². The van der Waals surface area contributed by atoms with Gasteiger partial charge < -0.3 is 14.8 Å². The SMILES string of the molecule is Oc1ccccc1C(O)CC1C=CC=c2cc3c(n21)=NC=N3. The molecular formula is C17H15N3O2. The molecule has 0 saturated carbocycles. The maximum absolute atomic E-state index is 10.5. The molecule has 0 radical (unpaired) electrons. The Labute approximate surface area is 126 Å². The molecule has 5 nitrogen and oxygen atoms in total. The summed E-state index contributed by atoms with van der Waals surface area (Å²) < 4.78 is 2.07. The Balaban J connectivity index is 1.69. The first-order chi connectivity index (χ1) is 10.7. The number of para-hydroxylation sites is 1. The van der Waals surface area contributed by atoms with Crippen molar-refractivity contribution in [1.82, 2.24) is 4.57 Å². The number of nitrogens with zero attached hydrogens (tertiary/aromatic N) is 3. The summed E-state index contributed by atoms with van der Waals surface area (Å²) in [5.74, 6) is 0.118. The van der Waals surface area contributed by atoms with Crippen LogP contribution in [0, 0.1) is 0 Å². The van der Waals surface area contributed by atoms with Crippen LogP contribution in [-0.2, 0) is 0 Å². The summed E-state index contributed by atoms with van der Waals surface area (Å²) in [6.45, 7) is 0. The molecule has 0 amide bonds. The molecule has 5 heteroatoms. The Hall–Kier alpha value is -2.66. The normalized spacial score (nSPS) is 19.2. The van der Waals surface area contributed by atoms with E-state index in [-0.39, 0.29) is 11.8 Å². The third-order valence-corrected chi connectivity index (χ3v) is 4.09. The van der Waals surface area contributed by atoms with Gasteiger partial charge in [-0.15, -0.1) is 0 Å². The lowest BCUT2D eigenvalue weighted by Gasteiger charge is -2.22. The lowest BCUT2D eigenvalue weighted by molar-refractivity contribution is 0.149. The van der Waals surface area contributed by atoms with Gasteiger partial charge in [-0.05, 0) is 18.2 Å². The van der Waals surface area contributed by atoms with Crippen LogP contribution in [-0.4, -0.2) is 21.1 Å². The predicted octanol–water partition coefficient (Wildman–Crippen LogP) is 1.50. The van der Waals surface area contributed by atoms with E-state index in [0.29, 0.717) is 12.0 Å². The minimum Gasteiger partial charge on any atom is -0.508 e. The van der Waals surface area contributed by atoms with Gasteiger partial charge in [-0.2, -0.15) is 0 Å². The summed E-state index contributed by atoms with van der Waals surface area (Å²) in [6, 6.07) is 8.85. The van der Waals surface area contributed by atoms with Crippen LogP contribution < -0.4 is 10.8 Å². The van der Waals surface area contributed by atoms with E-state index >= 15 is 0 Å². The second-order valence-electron chi connectivity index (χ2n) is 5.45. The Bertz CT molecular complexity index is 908. The molecule has 1 aromatic carbocycles. The zero-order valence-corrected chi connectivity index (χ0v) is 11.8. The first kappa shape index (κ1) is 13.0. The van der Waals surface area contributed by atoms with E-state index in [4.69, 9.17) is 0 Å². The van der Waals surface area contributed by atoms with Crippen LogP contribution in [0.15, 0.2) is 52.5 Å². The average Bonchev–Trinajstić information content (AvgIpc) is 3.08. The largest absolute Gasteiger partial charge is 0.508 e. The van der Waals surface area contributed by atoms with E-state index in [1.165, 1.54) is 0 Å². The molecule has 0 spiro atoms. The van der Waals surface area contributed by atoms with Crippen LogP contribution in [0.4, 0.5) is 5.69 Å². The van der Waals surface area contributed by atoms with E-state index in [1.54, 1.807) is 24.5 Å². The van der Waals surface area contributed by atoms with Crippen molar-refractivity contribution in [2.45, 2.75) is 18.6 Å². The van der Waals surface area contributed by atoms with Crippen molar-refractivity contribution in [3.8, 4) is 5.75 Å². The molecule has 3 heterocycles. The van der Waals surface area contributed by atoms with Gasteiger partial charge in [0.05, 0.1) is 12.1 Å². The predicted molar refractivity (Wildman–Crippen MR) is 83.7 cm³/mol. The number of aliphatic hydroxyl groups is 1. The Kier molecular flexibility index (Phi) is 2.94. The molecule has 2 N–H and O–H groups in total. The van der Waals surface area contributed by atoms with Crippen molar-refractivity contribution in [2.24, 2.45) is 9.98 Å². The first-order valence-electron chi connectivity index (χ1n) is 7.20. The smallest absolute Gasteiger partial charge is 0.161 e. The number of hydrogen-bond donors (Lipinski definition) is 2. The van der Waals surface area contributed by atoms with Gasteiger partial charge in [-0.25, -0.2) is 9.98 Å². The monoisotopic (exact) mass is 293 g/mol. The number of benzene rings is 1. The second kappa shape index (κ2) is 4.96. The van der Waals surface area contributed by atoms with Crippen LogP contribution >= 0.6 is 0 Å². The second-order valence-corrected chi connectivity index (χ2v) is 5.45. The van der Waals surface area contributed by atoms with Gasteiger partial charge in [-0.1, -0.05) is 30.4 Å². The van der Waals surface area contributed by atoms with Gasteiger partial charge in [0.2, 0.25) is 0 Å². The van der Waals surface area contributed by atoms with Crippen LogP contribution in [0.5, 0.6) is 5.75 Å². The highest BCUT2D eigenvalue weighted by molar-refractivity contribution is 5.66. The van der Waals surface area contributed by atoms with Crippen molar-refractivity contribution in [2.75, 3.05) is 0 Å². The molecule has 2 aliphatic rings. The lowest BCUT2D eigenvalue weighted by atomic mass is 10.00. The average molecular weight is 293 g/mol. The van der Waals surface area contributed by atoms with Crippen molar-refractivity contribution in [1.29, 1.82) is 0 Å². The van der Waals surface area contributed by atoms with E-state index in [9.17, 15) is 10.2 Å². The molecule has 2 unspecified atom stereocenters. The quantitative estimate of drug-likeness (QED) is 0.900. The van der Waals surface area contributed by atoms with Gasteiger partial charge in [0.15, 0.2) is 5.49 Å². The highest BCUT2D eigenvalue weighted by atomic mass is 16.3. The molecule has 2 aliphatic heterocycles. The van der Waals surface area contributed by atoms with E-state index in [1.807, 2.05) is 30.4 Å². The Morgan fingerprint density at radius 3 is 3.00 bits per heavy atom. The van der Waals surface area contributed by atoms with Crippen LogP contribution in [0.2, 0.25) is 0 Å². The molecule has 1 aromatic heterocycles. The molecule has 4 rings (SSSR count). The summed E-state index contributed by atoms with van der Waals surface area (Å²) in [7, 11) is 0. The molecule has 2 aromatic rings. The van der Waals surface area contributed by atoms with Gasteiger partial charge in [0.1, 0.15) is 17.8 Å². The van der Waals surface area contributed by atoms with Gasteiger partial charge >= 0.3 is 0 Å². The van der Waals surface area contributed by atoms with E-state index in [0.717, 1.165) is 16.5 Å². The van der Waals surface area contributed by atoms with Gasteiger partial charge in [-0.3, -0.25) is 0 Å². The van der Waals surface area contributed by atoms with Crippen LogP contribution in [0.25, 0.3) is 6.08 Å². The third kappa shape index (κ3) is 1.98. The molecule has 0 saturated heterocycles. The molecular weight excluding hydrogens is 278 g/mol. The number of fused-ring (bicyclic) bond motifs is 3. The fraction of sp³-hybridized carbons (Fsp3) is 0.176. The maximum Gasteiger partial charge on any atom is 0.161 e. The molecule has 110 valence electrons. The summed E-state index contributed by atoms with van der Waals surface area (Å²) in [6.07, 6.45) is 7.29. The minimum atomic E-state index is -0.748. The fourth-order valence-corrected chi connectivity index (χ4v) is 3.04.